The van der Waals surface area contributed by atoms with E-state index in [4.69, 9.17) is 5.26 Å². The number of nitrogens with zero attached hydrogens (tertiary/aromatic N) is 1. The van der Waals surface area contributed by atoms with Crippen LogP contribution in [-0.2, 0) is 17.1 Å². The van der Waals surface area contributed by atoms with E-state index in [1.54, 1.807) is 4.74 Å². The fourth-order valence-corrected chi connectivity index (χ4v) is 0. The van der Waals surface area contributed by atoms with E-state index in [2.05, 4.69) is 0 Å². The summed E-state index contributed by atoms with van der Waals surface area (Å²) in [6.07, 6.45) is 0. The van der Waals surface area contributed by atoms with Gasteiger partial charge in [-0.05, 0) is 0 Å². The Morgan fingerprint density at radius 1 is 1.75 bits per heavy atom. The van der Waals surface area contributed by atoms with Gasteiger partial charge in [0.2, 0.25) is 0 Å². The van der Waals surface area contributed by atoms with E-state index in [9.17, 15) is 0 Å². The van der Waals surface area contributed by atoms with E-state index in [-0.39, 0.29) is 17.1 Å². The second kappa shape index (κ2) is 9.49. The van der Waals surface area contributed by atoms with Crippen molar-refractivity contribution in [3.8, 4) is 4.74 Å². The van der Waals surface area contributed by atoms with Gasteiger partial charge < -0.3 is 0 Å². The van der Waals surface area contributed by atoms with Crippen molar-refractivity contribution in [3.05, 3.63) is 0 Å². The molecule has 0 aliphatic carbocycles. The Bertz CT molecular complexity index is 29.5. The summed E-state index contributed by atoms with van der Waals surface area (Å²) in [6.45, 7) is 0. The number of rotatable bonds is 0. The third-order valence-electron chi connectivity index (χ3n) is 0. The van der Waals surface area contributed by atoms with Crippen LogP contribution in [0.4, 0.5) is 0 Å². The molecule has 0 amide bonds. The molecule has 3 heteroatoms. The van der Waals surface area contributed by atoms with Gasteiger partial charge in [-0.2, -0.15) is 0 Å². The number of nitriles is 1. The maximum atomic E-state index is 7.32. The molecule has 0 bridgehead atoms. The second-order valence-corrected chi connectivity index (χ2v) is 0.224. The van der Waals surface area contributed by atoms with E-state index in [0.717, 1.165) is 0 Å². The van der Waals surface area contributed by atoms with Crippen molar-refractivity contribution in [2.24, 2.45) is 0 Å². The molecule has 1 nitrogen and oxygen atoms in total. The number of hydrogen-bond donors (Lipinski definition) is 0. The topological polar surface area (TPSA) is 23.8 Å². The third kappa shape index (κ3) is 18.3. The van der Waals surface area contributed by atoms with Crippen molar-refractivity contribution in [2.75, 3.05) is 0 Å². The first-order chi connectivity index (χ1) is 1.41. The van der Waals surface area contributed by atoms with Gasteiger partial charge in [0.1, 0.15) is 0 Å². The average Bonchev–Trinajstić information content (AvgIpc) is 0.918. The van der Waals surface area contributed by atoms with E-state index < -0.39 is 0 Å². The molecule has 0 aromatic heterocycles. The summed E-state index contributed by atoms with van der Waals surface area (Å²) in [5, 5.41) is 7.32. The minimum absolute atomic E-state index is 0. The fourth-order valence-electron chi connectivity index (χ4n) is 0. The molecule has 0 aliphatic rings. The fraction of sp³-hybridized carbons (Fsp3) is 0. The van der Waals surface area contributed by atoms with E-state index in [1.807, 2.05) is 0 Å². The molecule has 21 valence electrons. The SMILES string of the molecule is [Cu].[Li][C]#N. The van der Waals surface area contributed by atoms with E-state index >= 15 is 0 Å². The maximum absolute atomic E-state index is 7.32. The Hall–Kier alpha value is 0.607. The van der Waals surface area contributed by atoms with Gasteiger partial charge in [-0.1, -0.05) is 0 Å². The van der Waals surface area contributed by atoms with Gasteiger partial charge in [-0.3, -0.25) is 0 Å². The van der Waals surface area contributed by atoms with Gasteiger partial charge in [-0.15, -0.1) is 0 Å². The van der Waals surface area contributed by atoms with Gasteiger partial charge in [-0.25, -0.2) is 0 Å². The first-order valence-corrected chi connectivity index (χ1v) is 0.724. The average molecular weight is 96.5 g/mol. The summed E-state index contributed by atoms with van der Waals surface area (Å²) in [5.41, 5.74) is 0. The summed E-state index contributed by atoms with van der Waals surface area (Å²) in [6, 6.07) is 0. The quantitative estimate of drug-likeness (QED) is 0.378. The zero-order valence-corrected chi connectivity index (χ0v) is 3.19. The summed E-state index contributed by atoms with van der Waals surface area (Å²) < 4.78 is 1.75. The van der Waals surface area contributed by atoms with Crippen molar-refractivity contribution in [1.29, 1.82) is 5.26 Å². The van der Waals surface area contributed by atoms with Crippen molar-refractivity contribution in [3.63, 3.8) is 0 Å². The van der Waals surface area contributed by atoms with Gasteiger partial charge >= 0.3 is 27.7 Å². The Balaban J connectivity index is 0. The molecule has 0 spiro atoms. The van der Waals surface area contributed by atoms with Crippen LogP contribution in [0.5, 0.6) is 0 Å². The van der Waals surface area contributed by atoms with E-state index in [0.29, 0.717) is 0 Å². The standard InChI is InChI=1S/CN.Cu.Li/c1-2;;. The van der Waals surface area contributed by atoms with Gasteiger partial charge in [0, 0.05) is 17.1 Å². The van der Waals surface area contributed by atoms with Gasteiger partial charge in [0.15, 0.2) is 0 Å². The molecule has 0 saturated heterocycles. The molecule has 0 aromatic rings. The minimum atomic E-state index is 0. The van der Waals surface area contributed by atoms with Crippen molar-refractivity contribution >= 4 is 17.7 Å². The zero-order chi connectivity index (χ0) is 2.71. The first kappa shape index (κ1) is 8.82. The number of hydrogen-bond acceptors (Lipinski definition) is 1. The molecule has 0 saturated carbocycles. The molecule has 0 heterocycles. The molecular formula is CCuLiN. The summed E-state index contributed by atoms with van der Waals surface area (Å²) in [7, 11) is 0. The predicted octanol–water partition coefficient (Wildman–Crippen LogP) is -0.367. The molecule has 0 aromatic carbocycles. The monoisotopic (exact) mass is 95.9 g/mol. The molecular weight excluding hydrogens is 96.5 g/mol. The van der Waals surface area contributed by atoms with Crippen LogP contribution in [0.1, 0.15) is 0 Å². The van der Waals surface area contributed by atoms with E-state index in [1.165, 1.54) is 17.7 Å². The molecule has 0 N–H and O–H groups in total. The van der Waals surface area contributed by atoms with Gasteiger partial charge in [0.05, 0.1) is 0 Å². The van der Waals surface area contributed by atoms with Crippen LogP contribution >= 0.6 is 0 Å². The second-order valence-electron chi connectivity index (χ2n) is 0.224. The molecule has 0 rings (SSSR count). The Morgan fingerprint density at radius 2 is 1.75 bits per heavy atom. The summed E-state index contributed by atoms with van der Waals surface area (Å²) in [5.74, 6) is 0. The Kier molecular flexibility index (Phi) is 20.9. The Labute approximate surface area is 45.0 Å². The predicted molar refractivity (Wildman–Crippen MR) is 11.4 cm³/mol. The Morgan fingerprint density at radius 3 is 1.75 bits per heavy atom. The molecule has 4 heavy (non-hydrogen) atoms. The van der Waals surface area contributed by atoms with Crippen LogP contribution in [-0.4, -0.2) is 17.7 Å². The summed E-state index contributed by atoms with van der Waals surface area (Å²) in [4.78, 5) is 0. The molecule has 0 fully saturated rings. The van der Waals surface area contributed by atoms with Crippen molar-refractivity contribution in [2.45, 2.75) is 0 Å². The third-order valence-corrected chi connectivity index (χ3v) is 0. The molecule has 0 atom stereocenters. The molecule has 0 aliphatic heterocycles. The van der Waals surface area contributed by atoms with Crippen LogP contribution in [0.15, 0.2) is 0 Å². The zero-order valence-electron chi connectivity index (χ0n) is 2.25. The van der Waals surface area contributed by atoms with Crippen LogP contribution in [0.2, 0.25) is 0 Å². The van der Waals surface area contributed by atoms with Crippen LogP contribution in [0, 0.1) is 10.0 Å². The first-order valence-electron chi connectivity index (χ1n) is 0.724. The normalized spacial score (nSPS) is 2.25. The molecule has 1 radical (unpaired) electrons. The van der Waals surface area contributed by atoms with Crippen LogP contribution < -0.4 is 0 Å². The summed E-state index contributed by atoms with van der Waals surface area (Å²) >= 11 is 1.43. The van der Waals surface area contributed by atoms with Gasteiger partial charge in [0.25, 0.3) is 0 Å². The van der Waals surface area contributed by atoms with Crippen molar-refractivity contribution < 1.29 is 17.1 Å². The molecule has 0 unspecified atom stereocenters. The van der Waals surface area contributed by atoms with Crippen LogP contribution in [0.3, 0.4) is 0 Å². The van der Waals surface area contributed by atoms with Crippen molar-refractivity contribution in [1.82, 2.24) is 0 Å². The van der Waals surface area contributed by atoms with Crippen LogP contribution in [0.25, 0.3) is 0 Å².